The first-order valence-corrected chi connectivity index (χ1v) is 11.3. The van der Waals surface area contributed by atoms with E-state index in [1.807, 2.05) is 37.3 Å². The zero-order chi connectivity index (χ0) is 24.3. The van der Waals surface area contributed by atoms with Crippen LogP contribution in [0.15, 0.2) is 54.6 Å². The highest BCUT2D eigenvalue weighted by Crippen LogP contribution is 2.23. The van der Waals surface area contributed by atoms with Crippen molar-refractivity contribution >= 4 is 23.6 Å². The number of anilines is 1. The van der Waals surface area contributed by atoms with Crippen LogP contribution in [-0.2, 0) is 16.1 Å². The van der Waals surface area contributed by atoms with Crippen molar-refractivity contribution < 1.29 is 24.0 Å². The maximum atomic E-state index is 12.1. The summed E-state index contributed by atoms with van der Waals surface area (Å²) >= 11 is 0. The summed E-state index contributed by atoms with van der Waals surface area (Å²) in [6.45, 7) is 4.77. The average molecular weight is 471 g/mol. The number of piperidine rings is 1. The number of likely N-dealkylation sites (tertiary alicyclic amines) is 1. The summed E-state index contributed by atoms with van der Waals surface area (Å²) < 4.78 is 10.5. The molecule has 182 valence electrons. The largest absolute Gasteiger partial charge is 0.449 e. The Bertz CT molecular complexity index is 963. The van der Waals surface area contributed by atoms with E-state index < -0.39 is 17.1 Å². The molecule has 0 saturated carbocycles. The molecule has 1 atom stereocenters. The summed E-state index contributed by atoms with van der Waals surface area (Å²) in [7, 11) is 0. The van der Waals surface area contributed by atoms with Crippen molar-refractivity contribution in [1.29, 1.82) is 0 Å². The molecule has 3 rings (SSSR count). The van der Waals surface area contributed by atoms with Crippen LogP contribution >= 0.6 is 0 Å². The van der Waals surface area contributed by atoms with Crippen LogP contribution in [0.2, 0.25) is 0 Å². The van der Waals surface area contributed by atoms with Gasteiger partial charge in [-0.1, -0.05) is 42.5 Å². The summed E-state index contributed by atoms with van der Waals surface area (Å²) in [5.41, 5.74) is 0.862. The van der Waals surface area contributed by atoms with Gasteiger partial charge in [0.15, 0.2) is 0 Å². The van der Waals surface area contributed by atoms with Gasteiger partial charge in [0.05, 0.1) is 11.5 Å². The Kier molecular flexibility index (Phi) is 9.21. The third-order valence-electron chi connectivity index (χ3n) is 5.60. The molecule has 0 unspecified atom stereocenters. The lowest BCUT2D eigenvalue weighted by Crippen LogP contribution is -2.45. The Balaban J connectivity index is 1.31. The van der Waals surface area contributed by atoms with Crippen LogP contribution in [0.1, 0.15) is 25.3 Å². The van der Waals surface area contributed by atoms with Crippen LogP contribution in [0.3, 0.4) is 0 Å². The minimum absolute atomic E-state index is 0.0662. The van der Waals surface area contributed by atoms with Gasteiger partial charge >= 0.3 is 12.2 Å². The summed E-state index contributed by atoms with van der Waals surface area (Å²) in [5.74, 6) is 0.215. The summed E-state index contributed by atoms with van der Waals surface area (Å²) in [6.07, 6.45) is 0.557. The van der Waals surface area contributed by atoms with Crippen LogP contribution in [0.4, 0.5) is 21.0 Å². The number of rotatable bonds is 9. The molecule has 2 aromatic carbocycles. The molecule has 2 amide bonds. The van der Waals surface area contributed by atoms with Crippen molar-refractivity contribution in [2.45, 2.75) is 32.4 Å². The molecular formula is C24H30N4O6. The monoisotopic (exact) mass is 470 g/mol. The van der Waals surface area contributed by atoms with E-state index in [1.165, 1.54) is 18.2 Å². The molecular weight excluding hydrogens is 440 g/mol. The Hall–Kier alpha value is -3.66. The van der Waals surface area contributed by atoms with Crippen molar-refractivity contribution in [2.24, 2.45) is 5.92 Å². The third kappa shape index (κ3) is 8.04. The van der Waals surface area contributed by atoms with Gasteiger partial charge < -0.3 is 19.7 Å². The number of hydrogen-bond acceptors (Lipinski definition) is 7. The topological polar surface area (TPSA) is 123 Å². The number of para-hydroxylation sites is 2. The molecule has 0 bridgehead atoms. The standard InChI is InChI=1S/C24H30N4O6/c1-18(25-23(29)33-16-19-7-3-2-4-8-19)15-27-13-11-20(12-14-27)17-34-24(30)26-21-9-5-6-10-22(21)28(31)32/h2-10,18,20H,11-17H2,1H3,(H,25,29)(H,26,30)/t18-/m0/s1. The van der Waals surface area contributed by atoms with Gasteiger partial charge in [-0.15, -0.1) is 0 Å². The summed E-state index contributed by atoms with van der Waals surface area (Å²) in [6, 6.07) is 15.4. The van der Waals surface area contributed by atoms with Gasteiger partial charge in [-0.05, 0) is 50.4 Å². The van der Waals surface area contributed by atoms with Crippen LogP contribution in [0.25, 0.3) is 0 Å². The van der Waals surface area contributed by atoms with Gasteiger partial charge in [-0.25, -0.2) is 9.59 Å². The first kappa shape index (κ1) is 25.0. The second kappa shape index (κ2) is 12.5. The lowest BCUT2D eigenvalue weighted by molar-refractivity contribution is -0.383. The van der Waals surface area contributed by atoms with E-state index >= 15 is 0 Å². The van der Waals surface area contributed by atoms with E-state index in [-0.39, 0.29) is 36.5 Å². The third-order valence-corrected chi connectivity index (χ3v) is 5.60. The lowest BCUT2D eigenvalue weighted by Gasteiger charge is -2.33. The SMILES string of the molecule is C[C@@H](CN1CCC(COC(=O)Nc2ccccc2[N+](=O)[O-])CC1)NC(=O)OCc1ccccc1. The molecule has 2 N–H and O–H groups in total. The molecule has 1 aliphatic heterocycles. The Labute approximate surface area is 198 Å². The molecule has 0 radical (unpaired) electrons. The maximum absolute atomic E-state index is 12.1. The highest BCUT2D eigenvalue weighted by atomic mass is 16.6. The number of hydrogen-bond donors (Lipinski definition) is 2. The Morgan fingerprint density at radius 1 is 1.06 bits per heavy atom. The highest BCUT2D eigenvalue weighted by molar-refractivity contribution is 5.87. The first-order valence-electron chi connectivity index (χ1n) is 11.3. The molecule has 34 heavy (non-hydrogen) atoms. The van der Waals surface area contributed by atoms with E-state index in [9.17, 15) is 19.7 Å². The summed E-state index contributed by atoms with van der Waals surface area (Å²) in [4.78, 5) is 36.8. The number of carbonyl (C=O) groups excluding carboxylic acids is 2. The fourth-order valence-electron chi connectivity index (χ4n) is 3.81. The number of nitro benzene ring substituents is 1. The van der Waals surface area contributed by atoms with Crippen molar-refractivity contribution in [3.05, 3.63) is 70.3 Å². The van der Waals surface area contributed by atoms with Crippen molar-refractivity contribution in [2.75, 3.05) is 31.6 Å². The van der Waals surface area contributed by atoms with E-state index in [0.717, 1.165) is 31.5 Å². The van der Waals surface area contributed by atoms with Gasteiger partial charge in [-0.2, -0.15) is 0 Å². The quantitative estimate of drug-likeness (QED) is 0.416. The van der Waals surface area contributed by atoms with Crippen LogP contribution in [0, 0.1) is 16.0 Å². The Morgan fingerprint density at radius 3 is 2.44 bits per heavy atom. The van der Waals surface area contributed by atoms with E-state index in [4.69, 9.17) is 9.47 Å². The zero-order valence-electron chi connectivity index (χ0n) is 19.1. The number of amides is 2. The Morgan fingerprint density at radius 2 is 1.74 bits per heavy atom. The average Bonchev–Trinajstić information content (AvgIpc) is 2.83. The number of nitrogens with one attached hydrogen (secondary N) is 2. The lowest BCUT2D eigenvalue weighted by atomic mass is 9.97. The van der Waals surface area contributed by atoms with Gasteiger partial charge in [0.2, 0.25) is 0 Å². The molecule has 1 fully saturated rings. The number of alkyl carbamates (subject to hydrolysis) is 1. The van der Waals surface area contributed by atoms with Crippen molar-refractivity contribution in [3.63, 3.8) is 0 Å². The summed E-state index contributed by atoms with van der Waals surface area (Å²) in [5, 5.41) is 16.3. The number of ether oxygens (including phenoxy) is 2. The van der Waals surface area contributed by atoms with Gasteiger partial charge in [0.25, 0.3) is 5.69 Å². The predicted octanol–water partition coefficient (Wildman–Crippen LogP) is 4.17. The fourth-order valence-corrected chi connectivity index (χ4v) is 3.81. The zero-order valence-corrected chi connectivity index (χ0v) is 19.1. The van der Waals surface area contributed by atoms with Gasteiger partial charge in [0, 0.05) is 18.7 Å². The maximum Gasteiger partial charge on any atom is 0.411 e. The molecule has 1 heterocycles. The van der Waals surface area contributed by atoms with E-state index in [2.05, 4.69) is 15.5 Å². The molecule has 1 aliphatic rings. The molecule has 2 aromatic rings. The number of carbonyl (C=O) groups is 2. The van der Waals surface area contributed by atoms with Gasteiger partial charge in [-0.3, -0.25) is 15.4 Å². The molecule has 0 aliphatic carbocycles. The molecule has 0 spiro atoms. The molecule has 10 nitrogen and oxygen atoms in total. The normalized spacial score (nSPS) is 15.2. The van der Waals surface area contributed by atoms with Crippen LogP contribution < -0.4 is 10.6 Å². The number of benzene rings is 2. The minimum Gasteiger partial charge on any atom is -0.449 e. The first-order chi connectivity index (χ1) is 16.4. The van der Waals surface area contributed by atoms with E-state index in [0.29, 0.717) is 6.54 Å². The predicted molar refractivity (Wildman–Crippen MR) is 126 cm³/mol. The second-order valence-corrected chi connectivity index (χ2v) is 8.35. The van der Waals surface area contributed by atoms with Crippen LogP contribution in [0.5, 0.6) is 0 Å². The second-order valence-electron chi connectivity index (χ2n) is 8.35. The minimum atomic E-state index is -0.705. The van der Waals surface area contributed by atoms with Crippen molar-refractivity contribution in [3.8, 4) is 0 Å². The molecule has 0 aromatic heterocycles. The number of nitro groups is 1. The molecule has 10 heteroatoms. The highest BCUT2D eigenvalue weighted by Gasteiger charge is 2.23. The van der Waals surface area contributed by atoms with E-state index in [1.54, 1.807) is 6.07 Å². The van der Waals surface area contributed by atoms with Crippen molar-refractivity contribution in [1.82, 2.24) is 10.2 Å². The van der Waals surface area contributed by atoms with Crippen LogP contribution in [-0.4, -0.2) is 54.3 Å². The molecule has 1 saturated heterocycles. The van der Waals surface area contributed by atoms with Gasteiger partial charge in [0.1, 0.15) is 12.3 Å². The fraction of sp³-hybridized carbons (Fsp3) is 0.417. The number of nitrogens with zero attached hydrogens (tertiary/aromatic N) is 2. The smallest absolute Gasteiger partial charge is 0.411 e.